The molecule has 1 aliphatic carbocycles. The Balaban J connectivity index is 1.90. The van der Waals surface area contributed by atoms with Gasteiger partial charge in [0.05, 0.1) is 5.69 Å². The van der Waals surface area contributed by atoms with Gasteiger partial charge in [-0.25, -0.2) is 4.98 Å². The van der Waals surface area contributed by atoms with Crippen molar-refractivity contribution in [3.8, 4) is 11.3 Å². The van der Waals surface area contributed by atoms with Crippen LogP contribution in [0, 0.1) is 6.92 Å². The van der Waals surface area contributed by atoms with Crippen LogP contribution in [0.1, 0.15) is 17.7 Å². The normalized spacial score (nSPS) is 14.9. The lowest BCUT2D eigenvalue weighted by Gasteiger charge is -1.99. The second-order valence-electron chi connectivity index (χ2n) is 4.35. The number of nitrogens with zero attached hydrogens (tertiary/aromatic N) is 1. The maximum Gasteiger partial charge on any atom is 0.183 e. The molecule has 1 aromatic heterocycles. The fourth-order valence-electron chi connectivity index (χ4n) is 1.74. The lowest BCUT2D eigenvalue weighted by molar-refractivity contribution is 1.14. The van der Waals surface area contributed by atoms with E-state index in [4.69, 9.17) is 0 Å². The molecule has 17 heavy (non-hydrogen) atoms. The molecule has 1 saturated carbocycles. The van der Waals surface area contributed by atoms with E-state index in [9.17, 15) is 0 Å². The molecule has 0 aliphatic heterocycles. The van der Waals surface area contributed by atoms with Gasteiger partial charge in [0.15, 0.2) is 5.13 Å². The summed E-state index contributed by atoms with van der Waals surface area (Å²) in [6.07, 6.45) is 2.57. The molecule has 2 aromatic rings. The van der Waals surface area contributed by atoms with E-state index in [0.717, 1.165) is 15.3 Å². The van der Waals surface area contributed by atoms with Gasteiger partial charge in [-0.05, 0) is 31.9 Å². The molecule has 88 valence electrons. The highest BCUT2D eigenvalue weighted by atomic mass is 79.9. The van der Waals surface area contributed by atoms with Crippen molar-refractivity contribution < 1.29 is 0 Å². The van der Waals surface area contributed by atoms with Crippen molar-refractivity contribution in [2.75, 3.05) is 5.32 Å². The van der Waals surface area contributed by atoms with E-state index in [1.165, 1.54) is 23.3 Å². The van der Waals surface area contributed by atoms with Crippen LogP contribution in [0.2, 0.25) is 0 Å². The minimum absolute atomic E-state index is 0.665. The molecule has 0 spiro atoms. The number of aromatic nitrogens is 1. The van der Waals surface area contributed by atoms with Crippen molar-refractivity contribution in [1.29, 1.82) is 0 Å². The van der Waals surface area contributed by atoms with Crippen LogP contribution in [0.3, 0.4) is 0 Å². The number of thiazole rings is 1. The number of nitrogens with one attached hydrogen (secondary N) is 1. The second-order valence-corrected chi connectivity index (χ2v) is 6.47. The number of halogens is 1. The maximum atomic E-state index is 4.68. The standard InChI is InChI=1S/C13H13BrN2S/c1-8-12(9-2-4-10(14)5-3-9)16-13(17-8)15-11-6-7-11/h2-5,11H,6-7H2,1H3,(H,15,16). The molecule has 3 rings (SSSR count). The monoisotopic (exact) mass is 308 g/mol. The number of hydrogen-bond acceptors (Lipinski definition) is 3. The Morgan fingerprint density at radius 1 is 1.29 bits per heavy atom. The molecule has 0 bridgehead atoms. The first-order chi connectivity index (χ1) is 8.22. The number of aryl methyl sites for hydroxylation is 1. The number of anilines is 1. The molecule has 1 fully saturated rings. The zero-order valence-electron chi connectivity index (χ0n) is 9.53. The average Bonchev–Trinajstić information content (AvgIpc) is 3.03. The Kier molecular flexibility index (Phi) is 2.92. The van der Waals surface area contributed by atoms with Gasteiger partial charge in [0.1, 0.15) is 0 Å². The molecule has 2 nitrogen and oxygen atoms in total. The second kappa shape index (κ2) is 4.42. The van der Waals surface area contributed by atoms with Crippen molar-refractivity contribution in [3.63, 3.8) is 0 Å². The lowest BCUT2D eigenvalue weighted by Crippen LogP contribution is -1.99. The molecule has 0 unspecified atom stereocenters. The topological polar surface area (TPSA) is 24.9 Å². The summed E-state index contributed by atoms with van der Waals surface area (Å²) in [5.74, 6) is 0. The largest absolute Gasteiger partial charge is 0.359 e. The summed E-state index contributed by atoms with van der Waals surface area (Å²) in [4.78, 5) is 5.96. The van der Waals surface area contributed by atoms with Gasteiger partial charge in [-0.1, -0.05) is 28.1 Å². The molecular formula is C13H13BrN2S. The van der Waals surface area contributed by atoms with Gasteiger partial charge in [0.2, 0.25) is 0 Å². The van der Waals surface area contributed by atoms with Gasteiger partial charge in [-0.3, -0.25) is 0 Å². The smallest absolute Gasteiger partial charge is 0.183 e. The molecule has 1 aliphatic rings. The fourth-order valence-corrected chi connectivity index (χ4v) is 2.91. The van der Waals surface area contributed by atoms with Gasteiger partial charge in [0, 0.05) is 21.0 Å². The maximum absolute atomic E-state index is 4.68. The van der Waals surface area contributed by atoms with Gasteiger partial charge in [-0.2, -0.15) is 0 Å². The Hall–Kier alpha value is -0.870. The quantitative estimate of drug-likeness (QED) is 0.905. The molecule has 1 N–H and O–H groups in total. The number of hydrogen-bond donors (Lipinski definition) is 1. The lowest BCUT2D eigenvalue weighted by atomic mass is 10.1. The third kappa shape index (κ3) is 2.53. The Bertz CT molecular complexity index is 529. The van der Waals surface area contributed by atoms with Crippen LogP contribution >= 0.6 is 27.3 Å². The zero-order valence-corrected chi connectivity index (χ0v) is 11.9. The van der Waals surface area contributed by atoms with E-state index in [2.05, 4.69) is 57.4 Å². The Morgan fingerprint density at radius 3 is 2.65 bits per heavy atom. The molecule has 0 atom stereocenters. The summed E-state index contributed by atoms with van der Waals surface area (Å²) >= 11 is 5.20. The summed E-state index contributed by atoms with van der Waals surface area (Å²) in [7, 11) is 0. The van der Waals surface area contributed by atoms with E-state index in [-0.39, 0.29) is 0 Å². The van der Waals surface area contributed by atoms with Crippen molar-refractivity contribution in [3.05, 3.63) is 33.6 Å². The summed E-state index contributed by atoms with van der Waals surface area (Å²) in [6.45, 7) is 2.13. The van der Waals surface area contributed by atoms with Gasteiger partial charge >= 0.3 is 0 Å². The first-order valence-corrected chi connectivity index (χ1v) is 7.33. The van der Waals surface area contributed by atoms with Gasteiger partial charge in [-0.15, -0.1) is 11.3 Å². The first kappa shape index (κ1) is 11.2. The van der Waals surface area contributed by atoms with E-state index < -0.39 is 0 Å². The molecule has 0 amide bonds. The van der Waals surface area contributed by atoms with Crippen LogP contribution in [0.25, 0.3) is 11.3 Å². The van der Waals surface area contributed by atoms with Crippen molar-refractivity contribution >= 4 is 32.4 Å². The molecule has 1 heterocycles. The van der Waals surface area contributed by atoms with Gasteiger partial charge in [0.25, 0.3) is 0 Å². The summed E-state index contributed by atoms with van der Waals surface area (Å²) in [5, 5.41) is 4.51. The van der Waals surface area contributed by atoms with Crippen molar-refractivity contribution in [2.24, 2.45) is 0 Å². The number of rotatable bonds is 3. The molecule has 0 radical (unpaired) electrons. The Labute approximate surface area is 113 Å². The highest BCUT2D eigenvalue weighted by Gasteiger charge is 2.22. The summed E-state index contributed by atoms with van der Waals surface area (Å²) < 4.78 is 1.10. The fraction of sp³-hybridized carbons (Fsp3) is 0.308. The van der Waals surface area contributed by atoms with E-state index in [1.807, 2.05) is 0 Å². The van der Waals surface area contributed by atoms with Crippen LogP contribution in [-0.2, 0) is 0 Å². The minimum Gasteiger partial charge on any atom is -0.359 e. The summed E-state index contributed by atoms with van der Waals surface area (Å²) in [6, 6.07) is 8.99. The third-order valence-corrected chi connectivity index (χ3v) is 4.25. The predicted molar refractivity (Wildman–Crippen MR) is 76.6 cm³/mol. The van der Waals surface area contributed by atoms with Gasteiger partial charge < -0.3 is 5.32 Å². The third-order valence-electron chi connectivity index (χ3n) is 2.82. The highest BCUT2D eigenvalue weighted by molar-refractivity contribution is 9.10. The molecule has 1 aromatic carbocycles. The van der Waals surface area contributed by atoms with E-state index in [0.29, 0.717) is 6.04 Å². The van der Waals surface area contributed by atoms with Crippen LogP contribution < -0.4 is 5.32 Å². The van der Waals surface area contributed by atoms with E-state index in [1.54, 1.807) is 11.3 Å². The Morgan fingerprint density at radius 2 is 2.00 bits per heavy atom. The predicted octanol–water partition coefficient (Wildman–Crippen LogP) is 4.46. The van der Waals surface area contributed by atoms with Crippen LogP contribution in [-0.4, -0.2) is 11.0 Å². The van der Waals surface area contributed by atoms with Crippen LogP contribution in [0.5, 0.6) is 0 Å². The van der Waals surface area contributed by atoms with E-state index >= 15 is 0 Å². The zero-order chi connectivity index (χ0) is 11.8. The highest BCUT2D eigenvalue weighted by Crippen LogP contribution is 2.33. The van der Waals surface area contributed by atoms with Crippen LogP contribution in [0.15, 0.2) is 28.7 Å². The molecule has 4 heteroatoms. The summed E-state index contributed by atoms with van der Waals surface area (Å²) in [5.41, 5.74) is 2.29. The number of benzene rings is 1. The van der Waals surface area contributed by atoms with Crippen molar-refractivity contribution in [2.45, 2.75) is 25.8 Å². The van der Waals surface area contributed by atoms with Crippen molar-refractivity contribution in [1.82, 2.24) is 4.98 Å². The molecule has 0 saturated heterocycles. The average molecular weight is 309 g/mol. The molecular weight excluding hydrogens is 296 g/mol. The van der Waals surface area contributed by atoms with Crippen LogP contribution in [0.4, 0.5) is 5.13 Å². The SMILES string of the molecule is Cc1sc(NC2CC2)nc1-c1ccc(Br)cc1. The minimum atomic E-state index is 0.665. The first-order valence-electron chi connectivity index (χ1n) is 5.72.